The van der Waals surface area contributed by atoms with Gasteiger partial charge in [-0.15, -0.1) is 6.58 Å². The van der Waals surface area contributed by atoms with Crippen molar-refractivity contribution in [2.75, 3.05) is 7.11 Å². The standard InChI is InChI=1S/C19H23NO4/c1-13(2)4-5-16-17(22)10-14(11-18(16)24-3)6-8-19(23)12-15(21)7-9-20-19/h6-12,20-23H,1,4-5H2,2-3H3/b8-6+. The Labute approximate surface area is 141 Å². The first kappa shape index (κ1) is 17.7. The number of hydrogen-bond acceptors (Lipinski definition) is 5. The molecule has 0 spiro atoms. The molecule has 1 aromatic rings. The Balaban J connectivity index is 2.25. The number of nitrogens with one attached hydrogen (secondary N) is 1. The van der Waals surface area contributed by atoms with E-state index < -0.39 is 5.72 Å². The number of dihydropyridines is 1. The molecule has 0 bridgehead atoms. The van der Waals surface area contributed by atoms with Crippen LogP contribution in [-0.4, -0.2) is 28.2 Å². The molecule has 5 nitrogen and oxygen atoms in total. The van der Waals surface area contributed by atoms with Crippen molar-refractivity contribution in [3.05, 3.63) is 65.6 Å². The first-order chi connectivity index (χ1) is 11.3. The van der Waals surface area contributed by atoms with E-state index in [1.54, 1.807) is 25.3 Å². The van der Waals surface area contributed by atoms with Crippen LogP contribution in [0.1, 0.15) is 24.5 Å². The largest absolute Gasteiger partial charge is 0.508 e. The highest BCUT2D eigenvalue weighted by atomic mass is 16.5. The van der Waals surface area contributed by atoms with Gasteiger partial charge in [0.1, 0.15) is 17.3 Å². The maximum atomic E-state index is 10.3. The summed E-state index contributed by atoms with van der Waals surface area (Å²) >= 11 is 0. The van der Waals surface area contributed by atoms with Crippen LogP contribution in [0, 0.1) is 0 Å². The van der Waals surface area contributed by atoms with Crippen LogP contribution in [0.4, 0.5) is 0 Å². The lowest BCUT2D eigenvalue weighted by atomic mass is 10.0. The first-order valence-corrected chi connectivity index (χ1v) is 7.65. The van der Waals surface area contributed by atoms with Crippen LogP contribution in [0.3, 0.4) is 0 Å². The fourth-order valence-electron chi connectivity index (χ4n) is 2.41. The topological polar surface area (TPSA) is 82.0 Å². The van der Waals surface area contributed by atoms with Gasteiger partial charge in [-0.3, -0.25) is 0 Å². The van der Waals surface area contributed by atoms with E-state index in [1.165, 1.54) is 24.4 Å². The Kier molecular flexibility index (Phi) is 5.36. The molecule has 1 atom stereocenters. The predicted octanol–water partition coefficient (Wildman–Crippen LogP) is 3.17. The quantitative estimate of drug-likeness (QED) is 0.603. The number of aromatic hydroxyl groups is 1. The molecule has 24 heavy (non-hydrogen) atoms. The van der Waals surface area contributed by atoms with Crippen LogP contribution >= 0.6 is 0 Å². The zero-order valence-corrected chi connectivity index (χ0v) is 13.9. The molecular formula is C19H23NO4. The molecule has 0 saturated heterocycles. The summed E-state index contributed by atoms with van der Waals surface area (Å²) in [5.41, 5.74) is 0.944. The molecular weight excluding hydrogens is 306 g/mol. The summed E-state index contributed by atoms with van der Waals surface area (Å²) in [4.78, 5) is 0. The Morgan fingerprint density at radius 2 is 2.12 bits per heavy atom. The van der Waals surface area contributed by atoms with Crippen molar-refractivity contribution >= 4 is 6.08 Å². The third kappa shape index (κ3) is 4.43. The van der Waals surface area contributed by atoms with E-state index in [0.29, 0.717) is 17.7 Å². The van der Waals surface area contributed by atoms with Crippen molar-refractivity contribution in [2.24, 2.45) is 0 Å². The number of phenols is 1. The molecule has 5 heteroatoms. The maximum absolute atomic E-state index is 10.3. The van der Waals surface area contributed by atoms with Crippen molar-refractivity contribution in [1.82, 2.24) is 5.32 Å². The zero-order valence-electron chi connectivity index (χ0n) is 13.9. The van der Waals surface area contributed by atoms with Gasteiger partial charge in [-0.2, -0.15) is 0 Å². The minimum atomic E-state index is -1.49. The monoisotopic (exact) mass is 329 g/mol. The fourth-order valence-corrected chi connectivity index (χ4v) is 2.41. The lowest BCUT2D eigenvalue weighted by Crippen LogP contribution is -2.39. The van der Waals surface area contributed by atoms with Gasteiger partial charge in [0.05, 0.1) is 7.11 Å². The molecule has 2 rings (SSSR count). The summed E-state index contributed by atoms with van der Waals surface area (Å²) in [5.74, 6) is 0.686. The van der Waals surface area contributed by atoms with Gasteiger partial charge in [0.2, 0.25) is 0 Å². The molecule has 0 aliphatic carbocycles. The van der Waals surface area contributed by atoms with Crippen LogP contribution in [-0.2, 0) is 6.42 Å². The molecule has 128 valence electrons. The van der Waals surface area contributed by atoms with Gasteiger partial charge >= 0.3 is 0 Å². The van der Waals surface area contributed by atoms with E-state index in [0.717, 1.165) is 17.6 Å². The van der Waals surface area contributed by atoms with Crippen LogP contribution < -0.4 is 10.1 Å². The highest BCUT2D eigenvalue weighted by Gasteiger charge is 2.21. The van der Waals surface area contributed by atoms with E-state index >= 15 is 0 Å². The molecule has 0 amide bonds. The summed E-state index contributed by atoms with van der Waals surface area (Å²) in [7, 11) is 1.55. The number of allylic oxidation sites excluding steroid dienone is 2. The normalized spacial score (nSPS) is 19.9. The molecule has 1 unspecified atom stereocenters. The van der Waals surface area contributed by atoms with Gasteiger partial charge in [0, 0.05) is 17.8 Å². The predicted molar refractivity (Wildman–Crippen MR) is 94.8 cm³/mol. The molecule has 1 aromatic carbocycles. The van der Waals surface area contributed by atoms with Gasteiger partial charge in [0.25, 0.3) is 0 Å². The van der Waals surface area contributed by atoms with E-state index in [2.05, 4.69) is 11.9 Å². The summed E-state index contributed by atoms with van der Waals surface area (Å²) in [6.07, 6.45) is 8.70. The SMILES string of the molecule is C=C(C)CCc1c(O)cc(/C=C/C2(O)C=C(O)C=CN2)cc1OC. The highest BCUT2D eigenvalue weighted by molar-refractivity contribution is 5.60. The molecule has 1 aliphatic heterocycles. The maximum Gasteiger partial charge on any atom is 0.178 e. The summed E-state index contributed by atoms with van der Waals surface area (Å²) < 4.78 is 5.37. The molecule has 0 saturated carbocycles. The Bertz CT molecular complexity index is 718. The lowest BCUT2D eigenvalue weighted by molar-refractivity contribution is 0.115. The van der Waals surface area contributed by atoms with Gasteiger partial charge in [-0.25, -0.2) is 0 Å². The third-order valence-corrected chi connectivity index (χ3v) is 3.70. The number of ether oxygens (including phenoxy) is 1. The molecule has 0 aromatic heterocycles. The zero-order chi connectivity index (χ0) is 17.7. The van der Waals surface area contributed by atoms with E-state index in [1.807, 2.05) is 6.92 Å². The number of aliphatic hydroxyl groups is 2. The molecule has 1 aliphatic rings. The number of aliphatic hydroxyl groups excluding tert-OH is 1. The second-order valence-electron chi connectivity index (χ2n) is 5.88. The van der Waals surface area contributed by atoms with Crippen LogP contribution in [0.5, 0.6) is 11.5 Å². The summed E-state index contributed by atoms with van der Waals surface area (Å²) in [6.45, 7) is 5.81. The van der Waals surface area contributed by atoms with Crippen molar-refractivity contribution in [3.63, 3.8) is 0 Å². The molecule has 0 fully saturated rings. The third-order valence-electron chi connectivity index (χ3n) is 3.70. The van der Waals surface area contributed by atoms with Gasteiger partial charge in [-0.05, 0) is 49.6 Å². The molecule has 0 radical (unpaired) electrons. The van der Waals surface area contributed by atoms with Gasteiger partial charge in [-0.1, -0.05) is 11.6 Å². The van der Waals surface area contributed by atoms with Crippen molar-refractivity contribution in [3.8, 4) is 11.5 Å². The second kappa shape index (κ2) is 7.27. The van der Waals surface area contributed by atoms with E-state index in [-0.39, 0.29) is 11.5 Å². The van der Waals surface area contributed by atoms with Crippen LogP contribution in [0.25, 0.3) is 6.08 Å². The van der Waals surface area contributed by atoms with Gasteiger partial charge < -0.3 is 25.4 Å². The van der Waals surface area contributed by atoms with Crippen molar-refractivity contribution < 1.29 is 20.1 Å². The fraction of sp³-hybridized carbons (Fsp3) is 0.263. The summed E-state index contributed by atoms with van der Waals surface area (Å²) in [6, 6.07) is 3.40. The van der Waals surface area contributed by atoms with E-state index in [4.69, 9.17) is 4.74 Å². The minimum Gasteiger partial charge on any atom is -0.508 e. The highest BCUT2D eigenvalue weighted by Crippen LogP contribution is 2.32. The molecule has 1 heterocycles. The summed E-state index contributed by atoms with van der Waals surface area (Å²) in [5, 5.41) is 32.8. The number of methoxy groups -OCH3 is 1. The Morgan fingerprint density at radius 3 is 2.75 bits per heavy atom. The number of benzene rings is 1. The molecule has 4 N–H and O–H groups in total. The minimum absolute atomic E-state index is 0.0310. The number of rotatable bonds is 6. The Morgan fingerprint density at radius 1 is 1.38 bits per heavy atom. The Hall–Kier alpha value is -2.66. The number of hydrogen-bond donors (Lipinski definition) is 4. The smallest absolute Gasteiger partial charge is 0.178 e. The van der Waals surface area contributed by atoms with Crippen molar-refractivity contribution in [1.29, 1.82) is 0 Å². The second-order valence-corrected chi connectivity index (χ2v) is 5.88. The van der Waals surface area contributed by atoms with Crippen LogP contribution in [0.2, 0.25) is 0 Å². The number of phenolic OH excluding ortho intramolecular Hbond substituents is 1. The average molecular weight is 329 g/mol. The van der Waals surface area contributed by atoms with E-state index in [9.17, 15) is 15.3 Å². The van der Waals surface area contributed by atoms with Crippen molar-refractivity contribution in [2.45, 2.75) is 25.5 Å². The lowest BCUT2D eigenvalue weighted by Gasteiger charge is -2.24. The average Bonchev–Trinajstić information content (AvgIpc) is 2.51. The first-order valence-electron chi connectivity index (χ1n) is 7.65. The van der Waals surface area contributed by atoms with Crippen LogP contribution in [0.15, 0.2) is 54.5 Å². The van der Waals surface area contributed by atoms with Gasteiger partial charge in [0.15, 0.2) is 5.72 Å².